The van der Waals surface area contributed by atoms with Crippen LogP contribution in [0.4, 0.5) is 0 Å². The van der Waals surface area contributed by atoms with Crippen molar-refractivity contribution in [3.05, 3.63) is 29.8 Å². The maximum Gasteiger partial charge on any atom is 0.258 e. The molecule has 0 aliphatic carbocycles. The van der Waals surface area contributed by atoms with Crippen LogP contribution in [-0.4, -0.2) is 67.9 Å². The Balaban J connectivity index is 1.53. The molecule has 2 fully saturated rings. The lowest BCUT2D eigenvalue weighted by Crippen LogP contribution is -2.53. The van der Waals surface area contributed by atoms with Crippen molar-refractivity contribution in [2.75, 3.05) is 39.5 Å². The summed E-state index contributed by atoms with van der Waals surface area (Å²) in [6.07, 6.45) is 3.25. The van der Waals surface area contributed by atoms with Crippen molar-refractivity contribution in [3.63, 3.8) is 0 Å². The Hall–Kier alpha value is -2.12. The highest BCUT2D eigenvalue weighted by atomic mass is 16.5. The van der Waals surface area contributed by atoms with Gasteiger partial charge in [-0.25, -0.2) is 0 Å². The van der Waals surface area contributed by atoms with Crippen LogP contribution in [0, 0.1) is 0 Å². The van der Waals surface area contributed by atoms with Gasteiger partial charge in [-0.3, -0.25) is 9.59 Å². The molecule has 7 heteroatoms. The molecule has 1 N–H and O–H groups in total. The first-order valence-electron chi connectivity index (χ1n) is 9.67. The average Bonchev–Trinajstić information content (AvgIpc) is 2.78. The molecular formula is C20H26N2O5. The van der Waals surface area contributed by atoms with Crippen LogP contribution in [0.25, 0.3) is 0 Å². The van der Waals surface area contributed by atoms with E-state index in [9.17, 15) is 9.59 Å². The monoisotopic (exact) mass is 374 g/mol. The maximum atomic E-state index is 13.1. The van der Waals surface area contributed by atoms with Gasteiger partial charge in [-0.05, 0) is 25.0 Å². The van der Waals surface area contributed by atoms with Crippen molar-refractivity contribution in [3.8, 4) is 5.75 Å². The lowest BCUT2D eigenvalue weighted by Gasteiger charge is -2.38. The number of ether oxygens (including phenoxy) is 3. The van der Waals surface area contributed by atoms with Crippen molar-refractivity contribution in [2.45, 2.75) is 37.3 Å². The Morgan fingerprint density at radius 2 is 2.00 bits per heavy atom. The van der Waals surface area contributed by atoms with Gasteiger partial charge in [-0.15, -0.1) is 0 Å². The van der Waals surface area contributed by atoms with Crippen LogP contribution < -0.4 is 10.1 Å². The number of amides is 2. The van der Waals surface area contributed by atoms with Crippen molar-refractivity contribution < 1.29 is 23.8 Å². The summed E-state index contributed by atoms with van der Waals surface area (Å²) < 4.78 is 17.2. The molecule has 3 heterocycles. The van der Waals surface area contributed by atoms with E-state index in [4.69, 9.17) is 14.2 Å². The van der Waals surface area contributed by atoms with E-state index in [0.29, 0.717) is 50.5 Å². The third kappa shape index (κ3) is 4.09. The van der Waals surface area contributed by atoms with Gasteiger partial charge in [0.05, 0.1) is 38.0 Å². The topological polar surface area (TPSA) is 77.1 Å². The Labute approximate surface area is 158 Å². The highest BCUT2D eigenvalue weighted by Gasteiger charge is 2.42. The summed E-state index contributed by atoms with van der Waals surface area (Å²) in [6.45, 7) is 2.88. The number of para-hydroxylation sites is 1. The average molecular weight is 374 g/mol. The molecule has 0 bridgehead atoms. The van der Waals surface area contributed by atoms with Gasteiger partial charge in [-0.2, -0.15) is 0 Å². The highest BCUT2D eigenvalue weighted by Crippen LogP contribution is 2.34. The summed E-state index contributed by atoms with van der Waals surface area (Å²) in [5.41, 5.74) is 0.00374. The van der Waals surface area contributed by atoms with E-state index in [0.717, 1.165) is 19.4 Å². The predicted octanol–water partition coefficient (Wildman–Crippen LogP) is 1.37. The smallest absolute Gasteiger partial charge is 0.258 e. The molecule has 7 nitrogen and oxygen atoms in total. The molecule has 2 saturated heterocycles. The summed E-state index contributed by atoms with van der Waals surface area (Å²) >= 11 is 0. The number of hydrogen-bond acceptors (Lipinski definition) is 5. The van der Waals surface area contributed by atoms with E-state index in [2.05, 4.69) is 5.32 Å². The predicted molar refractivity (Wildman–Crippen MR) is 97.7 cm³/mol. The molecule has 0 radical (unpaired) electrons. The van der Waals surface area contributed by atoms with Gasteiger partial charge in [-0.1, -0.05) is 12.1 Å². The molecule has 0 saturated carbocycles. The number of fused-ring (bicyclic) bond motifs is 1. The number of rotatable bonds is 3. The van der Waals surface area contributed by atoms with Gasteiger partial charge in [0.2, 0.25) is 5.91 Å². The Morgan fingerprint density at radius 1 is 1.19 bits per heavy atom. The second-order valence-corrected chi connectivity index (χ2v) is 7.54. The standard InChI is InChI=1S/C20H26N2O5/c23-18(21-15-4-3-9-26-13-15)12-22-14-20(7-10-25-11-8-20)27-17-6-2-1-5-16(17)19(22)24/h1-2,5-6,15H,3-4,7-14H2,(H,21,23)/t15-/m1/s1. The summed E-state index contributed by atoms with van der Waals surface area (Å²) in [7, 11) is 0. The summed E-state index contributed by atoms with van der Waals surface area (Å²) in [5, 5.41) is 3.00. The van der Waals surface area contributed by atoms with Crippen molar-refractivity contribution in [1.29, 1.82) is 0 Å². The lowest BCUT2D eigenvalue weighted by molar-refractivity contribution is -0.124. The van der Waals surface area contributed by atoms with E-state index >= 15 is 0 Å². The molecule has 0 aromatic heterocycles. The maximum absolute atomic E-state index is 13.1. The zero-order valence-corrected chi connectivity index (χ0v) is 15.4. The number of benzene rings is 1. The zero-order valence-electron chi connectivity index (χ0n) is 15.4. The zero-order chi connectivity index (χ0) is 18.7. The molecule has 2 amide bonds. The quantitative estimate of drug-likeness (QED) is 0.865. The molecule has 1 aromatic rings. The largest absolute Gasteiger partial charge is 0.484 e. The van der Waals surface area contributed by atoms with Crippen molar-refractivity contribution in [2.24, 2.45) is 0 Å². The van der Waals surface area contributed by atoms with Gasteiger partial charge in [0.1, 0.15) is 17.9 Å². The van der Waals surface area contributed by atoms with Crippen LogP contribution >= 0.6 is 0 Å². The number of carbonyl (C=O) groups excluding carboxylic acids is 2. The third-order valence-corrected chi connectivity index (χ3v) is 5.47. The Bertz CT molecular complexity index is 695. The first-order chi connectivity index (χ1) is 13.2. The van der Waals surface area contributed by atoms with E-state index in [1.165, 1.54) is 0 Å². The molecule has 3 aliphatic heterocycles. The van der Waals surface area contributed by atoms with Crippen LogP contribution in [-0.2, 0) is 14.3 Å². The first-order valence-corrected chi connectivity index (χ1v) is 9.67. The molecule has 1 aromatic carbocycles. The number of carbonyl (C=O) groups is 2. The molecule has 1 atom stereocenters. The molecule has 3 aliphatic rings. The normalized spacial score (nSPS) is 24.7. The summed E-state index contributed by atoms with van der Waals surface area (Å²) in [5.74, 6) is 0.275. The van der Waals surface area contributed by atoms with Gasteiger partial charge < -0.3 is 24.4 Å². The SMILES string of the molecule is O=C(CN1CC2(CCOCC2)Oc2ccccc2C1=O)N[C@@H]1CCCOC1. The molecule has 146 valence electrons. The summed E-state index contributed by atoms with van der Waals surface area (Å²) in [4.78, 5) is 27.3. The van der Waals surface area contributed by atoms with Gasteiger partial charge >= 0.3 is 0 Å². The molecule has 4 rings (SSSR count). The molecule has 0 unspecified atom stereocenters. The number of nitrogens with zero attached hydrogens (tertiary/aromatic N) is 1. The van der Waals surface area contributed by atoms with Crippen molar-refractivity contribution in [1.82, 2.24) is 10.2 Å². The fourth-order valence-corrected chi connectivity index (χ4v) is 4.02. The fourth-order valence-electron chi connectivity index (χ4n) is 4.02. The summed E-state index contributed by atoms with van der Waals surface area (Å²) in [6, 6.07) is 7.29. The number of hydrogen-bond donors (Lipinski definition) is 1. The van der Waals surface area contributed by atoms with Crippen LogP contribution in [0.5, 0.6) is 5.75 Å². The fraction of sp³-hybridized carbons (Fsp3) is 0.600. The minimum atomic E-state index is -0.505. The Kier molecular flexibility index (Phi) is 5.31. The van der Waals surface area contributed by atoms with E-state index in [-0.39, 0.29) is 24.4 Å². The molecule has 1 spiro atoms. The van der Waals surface area contributed by atoms with Gasteiger partial charge in [0, 0.05) is 19.4 Å². The highest BCUT2D eigenvalue weighted by molar-refractivity contribution is 5.99. The van der Waals surface area contributed by atoms with Crippen LogP contribution in [0.3, 0.4) is 0 Å². The molecular weight excluding hydrogens is 348 g/mol. The van der Waals surface area contributed by atoms with Crippen molar-refractivity contribution >= 4 is 11.8 Å². The van der Waals surface area contributed by atoms with Crippen LogP contribution in [0.2, 0.25) is 0 Å². The Morgan fingerprint density at radius 3 is 2.78 bits per heavy atom. The number of nitrogens with one attached hydrogen (secondary N) is 1. The second kappa shape index (κ2) is 7.86. The first kappa shape index (κ1) is 18.3. The van der Waals surface area contributed by atoms with E-state index < -0.39 is 5.60 Å². The third-order valence-electron chi connectivity index (χ3n) is 5.47. The minimum Gasteiger partial charge on any atom is -0.484 e. The minimum absolute atomic E-state index is 0.0221. The van der Waals surface area contributed by atoms with Crippen LogP contribution in [0.1, 0.15) is 36.0 Å². The van der Waals surface area contributed by atoms with Gasteiger partial charge in [0.25, 0.3) is 5.91 Å². The van der Waals surface area contributed by atoms with Crippen LogP contribution in [0.15, 0.2) is 24.3 Å². The second-order valence-electron chi connectivity index (χ2n) is 7.54. The molecule has 27 heavy (non-hydrogen) atoms. The van der Waals surface area contributed by atoms with Gasteiger partial charge in [0.15, 0.2) is 0 Å². The van der Waals surface area contributed by atoms with E-state index in [1.54, 1.807) is 11.0 Å². The lowest BCUT2D eigenvalue weighted by atomic mass is 9.93. The van der Waals surface area contributed by atoms with E-state index in [1.807, 2.05) is 18.2 Å².